The molecule has 27 heavy (non-hydrogen) atoms. The molecule has 144 valence electrons. The number of aryl methyl sites for hydroxylation is 1. The van der Waals surface area contributed by atoms with Crippen molar-refractivity contribution >= 4 is 5.91 Å². The van der Waals surface area contributed by atoms with Gasteiger partial charge in [0.25, 0.3) is 0 Å². The zero-order valence-electron chi connectivity index (χ0n) is 16.1. The third-order valence-electron chi connectivity index (χ3n) is 6.27. The number of rotatable bonds is 4. The first kappa shape index (κ1) is 18.2. The normalized spacial score (nSPS) is 23.5. The van der Waals surface area contributed by atoms with Gasteiger partial charge in [-0.2, -0.15) is 5.10 Å². The zero-order chi connectivity index (χ0) is 19.0. The van der Waals surface area contributed by atoms with Crippen molar-refractivity contribution in [2.24, 2.45) is 12.5 Å². The monoisotopic (exact) mass is 370 g/mol. The lowest BCUT2D eigenvalue weighted by Gasteiger charge is -2.39. The smallest absolute Gasteiger partial charge is 0.230 e. The second-order valence-corrected chi connectivity index (χ2v) is 8.08. The second-order valence-electron chi connectivity index (χ2n) is 8.08. The van der Waals surface area contributed by atoms with E-state index in [1.165, 1.54) is 23.4 Å². The van der Waals surface area contributed by atoms with Crippen LogP contribution in [-0.2, 0) is 24.9 Å². The maximum absolute atomic E-state index is 13.3. The minimum Gasteiger partial charge on any atom is -0.338 e. The molecule has 1 unspecified atom stereocenters. The Morgan fingerprint density at radius 2 is 1.93 bits per heavy atom. The van der Waals surface area contributed by atoms with E-state index in [0.29, 0.717) is 6.54 Å². The van der Waals surface area contributed by atoms with Gasteiger partial charge in [0.2, 0.25) is 5.91 Å². The Balaban J connectivity index is 1.44. The van der Waals surface area contributed by atoms with Gasteiger partial charge in [-0.1, -0.05) is 12.1 Å². The number of amides is 1. The molecule has 1 spiro atoms. The van der Waals surface area contributed by atoms with Crippen molar-refractivity contribution < 1.29 is 9.18 Å². The molecule has 2 aliphatic rings. The average Bonchev–Trinajstić information content (AvgIpc) is 3.20. The number of benzene rings is 1. The Hall–Kier alpha value is -2.21. The summed E-state index contributed by atoms with van der Waals surface area (Å²) in [5, 5.41) is 4.33. The molecule has 2 aliphatic heterocycles. The number of aromatic nitrogens is 2. The standard InChI is InChI=1S/C21H27FN4O/c1-16-18(12-23-24(16)2)14-25-11-9-21(15-25)8-3-10-26(20(21)27)13-17-4-6-19(22)7-5-17/h4-7,12H,3,8-11,13-15H2,1-2H3. The highest BCUT2D eigenvalue weighted by Crippen LogP contribution is 2.41. The Kier molecular flexibility index (Phi) is 4.76. The van der Waals surface area contributed by atoms with E-state index in [1.54, 1.807) is 12.1 Å². The van der Waals surface area contributed by atoms with E-state index in [2.05, 4.69) is 16.9 Å². The van der Waals surface area contributed by atoms with Crippen molar-refractivity contribution in [3.05, 3.63) is 53.1 Å². The van der Waals surface area contributed by atoms with Crippen LogP contribution in [0.25, 0.3) is 0 Å². The molecule has 2 aromatic rings. The fourth-order valence-electron chi connectivity index (χ4n) is 4.53. The SMILES string of the molecule is Cc1c(CN2CCC3(CCCN(Cc4ccc(F)cc4)C3=O)C2)cnn1C. The van der Waals surface area contributed by atoms with E-state index in [4.69, 9.17) is 0 Å². The summed E-state index contributed by atoms with van der Waals surface area (Å²) in [7, 11) is 1.96. The van der Waals surface area contributed by atoms with Crippen LogP contribution in [0.15, 0.2) is 30.5 Å². The van der Waals surface area contributed by atoms with E-state index in [-0.39, 0.29) is 17.1 Å². The number of carbonyl (C=O) groups excluding carboxylic acids is 1. The summed E-state index contributed by atoms with van der Waals surface area (Å²) in [6.07, 6.45) is 4.86. The van der Waals surface area contributed by atoms with E-state index in [9.17, 15) is 9.18 Å². The third-order valence-corrected chi connectivity index (χ3v) is 6.27. The molecule has 3 heterocycles. The van der Waals surface area contributed by atoms with Crippen LogP contribution in [0.4, 0.5) is 4.39 Å². The summed E-state index contributed by atoms with van der Waals surface area (Å²) >= 11 is 0. The van der Waals surface area contributed by atoms with Crippen LogP contribution in [0.5, 0.6) is 0 Å². The Bertz CT molecular complexity index is 831. The summed E-state index contributed by atoms with van der Waals surface area (Å²) in [6.45, 7) is 6.07. The topological polar surface area (TPSA) is 41.4 Å². The van der Waals surface area contributed by atoms with Gasteiger partial charge in [-0.25, -0.2) is 4.39 Å². The minimum atomic E-state index is -0.256. The second kappa shape index (κ2) is 7.08. The predicted molar refractivity (Wildman–Crippen MR) is 101 cm³/mol. The summed E-state index contributed by atoms with van der Waals surface area (Å²) in [4.78, 5) is 17.7. The number of likely N-dealkylation sites (tertiary alicyclic amines) is 2. The number of nitrogens with zero attached hydrogens (tertiary/aromatic N) is 4. The van der Waals surface area contributed by atoms with E-state index < -0.39 is 0 Å². The lowest BCUT2D eigenvalue weighted by atomic mass is 9.78. The molecule has 1 aromatic carbocycles. The van der Waals surface area contributed by atoms with Gasteiger partial charge in [0.1, 0.15) is 5.82 Å². The van der Waals surface area contributed by atoms with Gasteiger partial charge in [-0.05, 0) is 50.4 Å². The molecule has 0 radical (unpaired) electrons. The molecule has 4 rings (SSSR count). The molecule has 1 aromatic heterocycles. The number of hydrogen-bond acceptors (Lipinski definition) is 3. The first-order chi connectivity index (χ1) is 13.0. The van der Waals surface area contributed by atoms with Gasteiger partial charge in [0, 0.05) is 44.5 Å². The van der Waals surface area contributed by atoms with Crippen LogP contribution >= 0.6 is 0 Å². The summed E-state index contributed by atoms with van der Waals surface area (Å²) in [5.74, 6) is 0.0285. The fraction of sp³-hybridized carbons (Fsp3) is 0.524. The molecule has 5 nitrogen and oxygen atoms in total. The van der Waals surface area contributed by atoms with Gasteiger partial charge in [0.15, 0.2) is 0 Å². The van der Waals surface area contributed by atoms with Crippen molar-refractivity contribution in [3.8, 4) is 0 Å². The number of piperidine rings is 1. The summed E-state index contributed by atoms with van der Waals surface area (Å²) in [6, 6.07) is 6.48. The minimum absolute atomic E-state index is 0.239. The van der Waals surface area contributed by atoms with Crippen LogP contribution in [0.1, 0.15) is 36.1 Å². The molecule has 1 atom stereocenters. The largest absolute Gasteiger partial charge is 0.338 e. The van der Waals surface area contributed by atoms with Crippen molar-refractivity contribution in [2.45, 2.75) is 39.3 Å². The van der Waals surface area contributed by atoms with E-state index in [1.807, 2.05) is 22.8 Å². The zero-order valence-corrected chi connectivity index (χ0v) is 16.1. The van der Waals surface area contributed by atoms with Gasteiger partial charge in [-0.15, -0.1) is 0 Å². The van der Waals surface area contributed by atoms with Crippen molar-refractivity contribution in [3.63, 3.8) is 0 Å². The molecule has 0 aliphatic carbocycles. The number of hydrogen-bond donors (Lipinski definition) is 0. The highest BCUT2D eigenvalue weighted by atomic mass is 19.1. The van der Waals surface area contributed by atoms with Crippen molar-refractivity contribution in [1.29, 1.82) is 0 Å². The average molecular weight is 370 g/mol. The molecule has 2 saturated heterocycles. The number of halogens is 1. The lowest BCUT2D eigenvalue weighted by molar-refractivity contribution is -0.146. The predicted octanol–water partition coefficient (Wildman–Crippen LogP) is 2.88. The quantitative estimate of drug-likeness (QED) is 0.831. The molecular weight excluding hydrogens is 343 g/mol. The van der Waals surface area contributed by atoms with Crippen LogP contribution in [0.2, 0.25) is 0 Å². The Morgan fingerprint density at radius 1 is 1.15 bits per heavy atom. The molecule has 2 fully saturated rings. The number of carbonyl (C=O) groups is 1. The van der Waals surface area contributed by atoms with E-state index in [0.717, 1.165) is 51.0 Å². The van der Waals surface area contributed by atoms with Gasteiger partial charge in [0.05, 0.1) is 11.6 Å². The molecule has 0 saturated carbocycles. The lowest BCUT2D eigenvalue weighted by Crippen LogP contribution is -2.49. The van der Waals surface area contributed by atoms with Crippen LogP contribution < -0.4 is 0 Å². The molecule has 0 N–H and O–H groups in total. The van der Waals surface area contributed by atoms with Gasteiger partial charge >= 0.3 is 0 Å². The van der Waals surface area contributed by atoms with Gasteiger partial charge < -0.3 is 4.90 Å². The molecule has 1 amide bonds. The maximum Gasteiger partial charge on any atom is 0.230 e. The van der Waals surface area contributed by atoms with Gasteiger partial charge in [-0.3, -0.25) is 14.4 Å². The third kappa shape index (κ3) is 3.50. The maximum atomic E-state index is 13.3. The summed E-state index contributed by atoms with van der Waals surface area (Å²) < 4.78 is 15.0. The van der Waals surface area contributed by atoms with Crippen LogP contribution in [-0.4, -0.2) is 45.1 Å². The highest BCUT2D eigenvalue weighted by molar-refractivity contribution is 5.84. The first-order valence-electron chi connectivity index (χ1n) is 9.70. The van der Waals surface area contributed by atoms with Crippen molar-refractivity contribution in [2.75, 3.05) is 19.6 Å². The molecule has 0 bridgehead atoms. The first-order valence-corrected chi connectivity index (χ1v) is 9.70. The van der Waals surface area contributed by atoms with E-state index >= 15 is 0 Å². The van der Waals surface area contributed by atoms with Crippen LogP contribution in [0, 0.1) is 18.2 Å². The Labute approximate surface area is 159 Å². The molecular formula is C21H27FN4O. The summed E-state index contributed by atoms with van der Waals surface area (Å²) in [5.41, 5.74) is 3.15. The highest BCUT2D eigenvalue weighted by Gasteiger charge is 2.48. The molecule has 6 heteroatoms. The Morgan fingerprint density at radius 3 is 2.63 bits per heavy atom. The van der Waals surface area contributed by atoms with Crippen LogP contribution in [0.3, 0.4) is 0 Å². The van der Waals surface area contributed by atoms with Crippen molar-refractivity contribution in [1.82, 2.24) is 19.6 Å². The fourth-order valence-corrected chi connectivity index (χ4v) is 4.53.